The summed E-state index contributed by atoms with van der Waals surface area (Å²) in [6, 6.07) is 10.7. The van der Waals surface area contributed by atoms with Crippen LogP contribution in [-0.4, -0.2) is 36.4 Å². The van der Waals surface area contributed by atoms with Gasteiger partial charge in [-0.25, -0.2) is 4.79 Å². The predicted molar refractivity (Wildman–Crippen MR) is 91.9 cm³/mol. The average Bonchev–Trinajstić information content (AvgIpc) is 2.82. The Morgan fingerprint density at radius 3 is 2.56 bits per heavy atom. The lowest BCUT2D eigenvalue weighted by Gasteiger charge is -2.22. The fourth-order valence-corrected chi connectivity index (χ4v) is 2.98. The van der Waals surface area contributed by atoms with Gasteiger partial charge >= 0.3 is 6.03 Å². The molecule has 7 nitrogen and oxygen atoms in total. The van der Waals surface area contributed by atoms with Gasteiger partial charge in [0.05, 0.1) is 7.11 Å². The maximum absolute atomic E-state index is 12.8. The molecule has 7 heteroatoms. The molecule has 1 aliphatic heterocycles. The number of amides is 4. The summed E-state index contributed by atoms with van der Waals surface area (Å²) in [5.74, 6) is -0.213. The van der Waals surface area contributed by atoms with Crippen molar-refractivity contribution in [2.75, 3.05) is 13.7 Å². The molecule has 3 N–H and O–H groups in total. The normalized spacial score (nSPS) is 20.0. The SMILES string of the molecule is COc1ccc2cc([C@@]3(C)NC(=O)N(CCC(N)=O)C3=O)ccc2c1. The van der Waals surface area contributed by atoms with Gasteiger partial charge in [0, 0.05) is 13.0 Å². The number of nitrogens with two attached hydrogens (primary N) is 1. The second-order valence-corrected chi connectivity index (χ2v) is 6.16. The molecular formula is C18H19N3O4. The van der Waals surface area contributed by atoms with Gasteiger partial charge in [-0.2, -0.15) is 0 Å². The highest BCUT2D eigenvalue weighted by atomic mass is 16.5. The van der Waals surface area contributed by atoms with Crippen LogP contribution in [0.5, 0.6) is 5.75 Å². The first-order chi connectivity index (χ1) is 11.8. The Bertz CT molecular complexity index is 880. The minimum Gasteiger partial charge on any atom is -0.497 e. The highest BCUT2D eigenvalue weighted by Crippen LogP contribution is 2.32. The monoisotopic (exact) mass is 341 g/mol. The number of urea groups is 1. The van der Waals surface area contributed by atoms with Crippen LogP contribution in [0.1, 0.15) is 18.9 Å². The molecule has 1 saturated heterocycles. The van der Waals surface area contributed by atoms with Crippen LogP contribution < -0.4 is 15.8 Å². The molecule has 25 heavy (non-hydrogen) atoms. The molecule has 2 aromatic rings. The average molecular weight is 341 g/mol. The van der Waals surface area contributed by atoms with Gasteiger partial charge < -0.3 is 15.8 Å². The first-order valence-corrected chi connectivity index (χ1v) is 7.86. The molecule has 0 saturated carbocycles. The first kappa shape index (κ1) is 16.8. The van der Waals surface area contributed by atoms with E-state index >= 15 is 0 Å². The van der Waals surface area contributed by atoms with Gasteiger partial charge in [-0.3, -0.25) is 14.5 Å². The fourth-order valence-electron chi connectivity index (χ4n) is 2.98. The van der Waals surface area contributed by atoms with Crippen molar-refractivity contribution in [3.05, 3.63) is 42.0 Å². The number of hydrogen-bond donors (Lipinski definition) is 2. The fraction of sp³-hybridized carbons (Fsp3) is 0.278. The van der Waals surface area contributed by atoms with Crippen molar-refractivity contribution in [2.24, 2.45) is 5.73 Å². The van der Waals surface area contributed by atoms with Crippen molar-refractivity contribution in [3.8, 4) is 5.75 Å². The number of nitrogens with one attached hydrogen (secondary N) is 1. The largest absolute Gasteiger partial charge is 0.497 e. The zero-order valence-electron chi connectivity index (χ0n) is 14.0. The number of carbonyl (C=O) groups is 3. The van der Waals surface area contributed by atoms with Gasteiger partial charge in [0.2, 0.25) is 5.91 Å². The molecule has 0 aromatic heterocycles. The van der Waals surface area contributed by atoms with Crippen molar-refractivity contribution in [3.63, 3.8) is 0 Å². The summed E-state index contributed by atoms with van der Waals surface area (Å²) in [6.45, 7) is 1.63. The molecular weight excluding hydrogens is 322 g/mol. The third kappa shape index (κ3) is 2.88. The lowest BCUT2D eigenvalue weighted by molar-refractivity contribution is -0.131. The highest BCUT2D eigenvalue weighted by molar-refractivity contribution is 6.07. The van der Waals surface area contributed by atoms with Crippen LogP contribution in [0.25, 0.3) is 10.8 Å². The van der Waals surface area contributed by atoms with Crippen LogP contribution in [0, 0.1) is 0 Å². The Labute approximate surface area is 144 Å². The Morgan fingerprint density at radius 1 is 1.20 bits per heavy atom. The molecule has 2 aromatic carbocycles. The van der Waals surface area contributed by atoms with Crippen molar-refractivity contribution in [1.82, 2.24) is 10.2 Å². The molecule has 3 rings (SSSR count). The number of benzene rings is 2. The Kier molecular flexibility index (Phi) is 4.08. The number of nitrogens with zero attached hydrogens (tertiary/aromatic N) is 1. The van der Waals surface area contributed by atoms with Crippen molar-refractivity contribution < 1.29 is 19.1 Å². The van der Waals surface area contributed by atoms with E-state index in [1.54, 1.807) is 20.1 Å². The van der Waals surface area contributed by atoms with Crippen LogP contribution in [-0.2, 0) is 15.1 Å². The Hall–Kier alpha value is -3.09. The lowest BCUT2D eigenvalue weighted by Crippen LogP contribution is -2.41. The van der Waals surface area contributed by atoms with Crippen molar-refractivity contribution >= 4 is 28.6 Å². The van der Waals surface area contributed by atoms with E-state index in [0.717, 1.165) is 21.4 Å². The number of rotatable bonds is 5. The zero-order valence-corrected chi connectivity index (χ0v) is 14.0. The number of methoxy groups -OCH3 is 1. The van der Waals surface area contributed by atoms with Gasteiger partial charge in [-0.15, -0.1) is 0 Å². The van der Waals surface area contributed by atoms with E-state index in [2.05, 4.69) is 5.32 Å². The van der Waals surface area contributed by atoms with E-state index in [-0.39, 0.29) is 13.0 Å². The smallest absolute Gasteiger partial charge is 0.325 e. The van der Waals surface area contributed by atoms with E-state index in [0.29, 0.717) is 5.56 Å². The Balaban J connectivity index is 1.94. The Morgan fingerprint density at radius 2 is 1.88 bits per heavy atom. The van der Waals surface area contributed by atoms with E-state index in [4.69, 9.17) is 10.5 Å². The molecule has 1 fully saturated rings. The van der Waals surface area contributed by atoms with Crippen molar-refractivity contribution in [1.29, 1.82) is 0 Å². The number of imide groups is 1. The van der Waals surface area contributed by atoms with E-state index in [1.165, 1.54) is 0 Å². The number of primary amides is 1. The molecule has 4 amide bonds. The van der Waals surface area contributed by atoms with Crippen LogP contribution in [0.3, 0.4) is 0 Å². The van der Waals surface area contributed by atoms with Crippen LogP contribution in [0.15, 0.2) is 36.4 Å². The number of hydrogen-bond acceptors (Lipinski definition) is 4. The second kappa shape index (κ2) is 6.08. The molecule has 1 aliphatic rings. The standard InChI is InChI=1S/C18H19N3O4/c1-18(16(23)21(17(24)20-18)8-7-15(19)22)13-5-3-12-10-14(25-2)6-4-11(12)9-13/h3-6,9-10H,7-8H2,1-2H3,(H2,19,22)(H,20,24)/t18-/m1/s1. The predicted octanol–water partition coefficient (Wildman–Crippen LogP) is 1.49. The summed E-state index contributed by atoms with van der Waals surface area (Å²) < 4.78 is 5.21. The first-order valence-electron chi connectivity index (χ1n) is 7.86. The third-order valence-corrected chi connectivity index (χ3v) is 4.48. The van der Waals surface area contributed by atoms with Gasteiger partial charge in [0.25, 0.3) is 5.91 Å². The summed E-state index contributed by atoms with van der Waals surface area (Å²) in [7, 11) is 1.60. The molecule has 0 aliphatic carbocycles. The molecule has 1 atom stereocenters. The number of fused-ring (bicyclic) bond motifs is 1. The van der Waals surface area contributed by atoms with Crippen LogP contribution in [0.4, 0.5) is 4.79 Å². The minimum atomic E-state index is -1.18. The molecule has 0 bridgehead atoms. The van der Waals surface area contributed by atoms with Crippen LogP contribution >= 0.6 is 0 Å². The quantitative estimate of drug-likeness (QED) is 0.804. The second-order valence-electron chi connectivity index (χ2n) is 6.16. The highest BCUT2D eigenvalue weighted by Gasteiger charge is 2.48. The third-order valence-electron chi connectivity index (χ3n) is 4.48. The lowest BCUT2D eigenvalue weighted by atomic mass is 9.90. The summed E-state index contributed by atoms with van der Waals surface area (Å²) in [5, 5.41) is 4.61. The molecule has 0 unspecified atom stereocenters. The van der Waals surface area contributed by atoms with Crippen LogP contribution in [0.2, 0.25) is 0 Å². The topological polar surface area (TPSA) is 102 Å². The van der Waals surface area contributed by atoms with Gasteiger partial charge in [-0.05, 0) is 41.5 Å². The van der Waals surface area contributed by atoms with E-state index < -0.39 is 23.4 Å². The summed E-state index contributed by atoms with van der Waals surface area (Å²) in [6.07, 6.45) is -0.0627. The number of carbonyl (C=O) groups excluding carboxylic acids is 3. The van der Waals surface area contributed by atoms with E-state index in [1.807, 2.05) is 30.3 Å². The summed E-state index contributed by atoms with van der Waals surface area (Å²) in [5.41, 5.74) is 4.60. The maximum Gasteiger partial charge on any atom is 0.325 e. The molecule has 1 heterocycles. The maximum atomic E-state index is 12.8. The minimum absolute atomic E-state index is 0.0274. The number of ether oxygens (including phenoxy) is 1. The zero-order chi connectivity index (χ0) is 18.2. The summed E-state index contributed by atoms with van der Waals surface area (Å²) in [4.78, 5) is 36.9. The molecule has 0 radical (unpaired) electrons. The van der Waals surface area contributed by atoms with Crippen molar-refractivity contribution in [2.45, 2.75) is 18.9 Å². The molecule has 130 valence electrons. The van der Waals surface area contributed by atoms with Gasteiger partial charge in [0.15, 0.2) is 0 Å². The summed E-state index contributed by atoms with van der Waals surface area (Å²) >= 11 is 0. The van der Waals surface area contributed by atoms with E-state index in [9.17, 15) is 14.4 Å². The van der Waals surface area contributed by atoms with Gasteiger partial charge in [-0.1, -0.05) is 18.2 Å². The van der Waals surface area contributed by atoms with Gasteiger partial charge in [0.1, 0.15) is 11.3 Å². The molecule has 0 spiro atoms.